The number of hydrogen-bond donors (Lipinski definition) is 3. The van der Waals surface area contributed by atoms with Gasteiger partial charge in [-0.05, 0) is 41.5 Å². The van der Waals surface area contributed by atoms with E-state index in [1.54, 1.807) is 23.1 Å². The summed E-state index contributed by atoms with van der Waals surface area (Å²) in [5.41, 5.74) is 2.55. The highest BCUT2D eigenvalue weighted by Crippen LogP contribution is 2.29. The summed E-state index contributed by atoms with van der Waals surface area (Å²) in [6.07, 6.45) is -0.691. The number of halogens is 1. The van der Waals surface area contributed by atoms with Crippen LogP contribution in [-0.2, 0) is 20.7 Å². The highest BCUT2D eigenvalue weighted by molar-refractivity contribution is 6.00. The number of piperazine rings is 1. The third-order valence-corrected chi connectivity index (χ3v) is 6.75. The van der Waals surface area contributed by atoms with Gasteiger partial charge in [-0.25, -0.2) is 9.18 Å². The zero-order chi connectivity index (χ0) is 29.4. The van der Waals surface area contributed by atoms with E-state index in [1.807, 2.05) is 35.2 Å². The summed E-state index contributed by atoms with van der Waals surface area (Å²) in [5.74, 6) is -2.44. The normalized spacial score (nSPS) is 13.7. The first-order valence-corrected chi connectivity index (χ1v) is 13.1. The number of methoxy groups -OCH3 is 1. The maximum Gasteiger partial charge on any atom is 0.409 e. The lowest BCUT2D eigenvalue weighted by molar-refractivity contribution is -0.137. The monoisotopic (exact) mass is 562 g/mol. The van der Waals surface area contributed by atoms with Gasteiger partial charge < -0.3 is 30.3 Å². The van der Waals surface area contributed by atoms with Gasteiger partial charge in [0.15, 0.2) is 0 Å². The standard InChI is InChI=1S/C30H31FN4O6/c1-41-30(40)35-15-13-34(14-16-35)26-12-9-22(18-25(26)32-27(36)17-20-5-3-2-4-6-20)29(39)33-24(19-28(37)38)21-7-10-23(31)11-8-21/h2-12,18,24H,13-17,19H2,1H3,(H,32,36)(H,33,39)(H,37,38). The van der Waals surface area contributed by atoms with Gasteiger partial charge >= 0.3 is 12.1 Å². The Morgan fingerprint density at radius 2 is 1.63 bits per heavy atom. The van der Waals surface area contributed by atoms with E-state index in [1.165, 1.54) is 31.4 Å². The quantitative estimate of drug-likeness (QED) is 0.362. The Bertz CT molecular complexity index is 1390. The van der Waals surface area contributed by atoms with Gasteiger partial charge in [-0.1, -0.05) is 42.5 Å². The first-order chi connectivity index (χ1) is 19.7. The maximum absolute atomic E-state index is 13.4. The second kappa shape index (κ2) is 13.4. The van der Waals surface area contributed by atoms with Crippen LogP contribution in [-0.4, -0.2) is 67.2 Å². The Hall–Kier alpha value is -4.93. The minimum Gasteiger partial charge on any atom is -0.481 e. The minimum atomic E-state index is -1.13. The predicted octanol–water partition coefficient (Wildman–Crippen LogP) is 3.84. The lowest BCUT2D eigenvalue weighted by Gasteiger charge is -2.36. The maximum atomic E-state index is 13.4. The summed E-state index contributed by atoms with van der Waals surface area (Å²) < 4.78 is 18.2. The molecule has 10 nitrogen and oxygen atoms in total. The SMILES string of the molecule is COC(=O)N1CCN(c2ccc(C(=O)NC(CC(=O)O)c3ccc(F)cc3)cc2NC(=O)Cc2ccccc2)CC1. The second-order valence-corrected chi connectivity index (χ2v) is 9.56. The summed E-state index contributed by atoms with van der Waals surface area (Å²) in [5, 5.41) is 15.0. The largest absolute Gasteiger partial charge is 0.481 e. The van der Waals surface area contributed by atoms with Crippen molar-refractivity contribution >= 4 is 35.3 Å². The van der Waals surface area contributed by atoms with E-state index in [0.717, 1.165) is 5.56 Å². The fraction of sp³-hybridized carbons (Fsp3) is 0.267. The first-order valence-electron chi connectivity index (χ1n) is 13.1. The van der Waals surface area contributed by atoms with Crippen molar-refractivity contribution in [1.82, 2.24) is 10.2 Å². The van der Waals surface area contributed by atoms with Crippen LogP contribution >= 0.6 is 0 Å². The van der Waals surface area contributed by atoms with Crippen LogP contribution in [0.1, 0.15) is 33.9 Å². The summed E-state index contributed by atoms with van der Waals surface area (Å²) in [6, 6.07) is 18.4. The Morgan fingerprint density at radius 1 is 0.951 bits per heavy atom. The number of anilines is 2. The van der Waals surface area contributed by atoms with Crippen molar-refractivity contribution < 1.29 is 33.4 Å². The number of carboxylic acid groups (broad SMARTS) is 1. The highest BCUT2D eigenvalue weighted by atomic mass is 19.1. The van der Waals surface area contributed by atoms with E-state index in [9.17, 15) is 28.7 Å². The Morgan fingerprint density at radius 3 is 2.27 bits per heavy atom. The number of aliphatic carboxylic acids is 1. The molecule has 3 amide bonds. The van der Waals surface area contributed by atoms with E-state index in [2.05, 4.69) is 10.6 Å². The number of carbonyl (C=O) groups excluding carboxylic acids is 3. The average molecular weight is 563 g/mol. The highest BCUT2D eigenvalue weighted by Gasteiger charge is 2.25. The molecular weight excluding hydrogens is 531 g/mol. The van der Waals surface area contributed by atoms with E-state index in [0.29, 0.717) is 43.1 Å². The van der Waals surface area contributed by atoms with Crippen LogP contribution in [0.5, 0.6) is 0 Å². The number of amides is 3. The molecule has 0 aromatic heterocycles. The fourth-order valence-corrected chi connectivity index (χ4v) is 4.65. The molecule has 1 aliphatic heterocycles. The number of nitrogens with zero attached hydrogens (tertiary/aromatic N) is 2. The van der Waals surface area contributed by atoms with Crippen LogP contribution in [0.25, 0.3) is 0 Å². The molecule has 1 saturated heterocycles. The zero-order valence-electron chi connectivity index (χ0n) is 22.5. The molecule has 1 fully saturated rings. The summed E-state index contributed by atoms with van der Waals surface area (Å²) in [4.78, 5) is 53.3. The smallest absolute Gasteiger partial charge is 0.409 e. The molecule has 214 valence electrons. The Kier molecular flexibility index (Phi) is 9.51. The number of rotatable bonds is 9. The third kappa shape index (κ3) is 7.81. The number of nitrogens with one attached hydrogen (secondary N) is 2. The van der Waals surface area contributed by atoms with Crippen molar-refractivity contribution in [1.29, 1.82) is 0 Å². The van der Waals surface area contributed by atoms with Crippen LogP contribution in [0, 0.1) is 5.82 Å². The molecule has 0 bridgehead atoms. The zero-order valence-corrected chi connectivity index (χ0v) is 22.5. The van der Waals surface area contributed by atoms with Crippen LogP contribution in [0.4, 0.5) is 20.6 Å². The van der Waals surface area contributed by atoms with Crippen molar-refractivity contribution in [3.8, 4) is 0 Å². The van der Waals surface area contributed by atoms with Gasteiger partial charge in [-0.2, -0.15) is 0 Å². The summed E-state index contributed by atoms with van der Waals surface area (Å²) in [7, 11) is 1.33. The lowest BCUT2D eigenvalue weighted by atomic mass is 10.0. The molecule has 1 heterocycles. The summed E-state index contributed by atoms with van der Waals surface area (Å²) in [6.45, 7) is 1.79. The van der Waals surface area contributed by atoms with Crippen LogP contribution < -0.4 is 15.5 Å². The Labute approximate surface area is 236 Å². The van der Waals surface area contributed by atoms with Gasteiger partial charge in [0.2, 0.25) is 5.91 Å². The number of benzene rings is 3. The van der Waals surface area contributed by atoms with E-state index >= 15 is 0 Å². The van der Waals surface area contributed by atoms with E-state index in [-0.39, 0.29) is 17.9 Å². The number of carbonyl (C=O) groups is 4. The van der Waals surface area contributed by atoms with Crippen LogP contribution in [0.15, 0.2) is 72.8 Å². The number of hydrogen-bond acceptors (Lipinski definition) is 6. The molecule has 1 aliphatic rings. The second-order valence-electron chi connectivity index (χ2n) is 9.56. The molecule has 11 heteroatoms. The van der Waals surface area contributed by atoms with E-state index in [4.69, 9.17) is 4.74 Å². The molecule has 0 spiro atoms. The van der Waals surface area contributed by atoms with Crippen LogP contribution in [0.3, 0.4) is 0 Å². The molecule has 0 aliphatic carbocycles. The molecule has 0 saturated carbocycles. The molecule has 3 aromatic rings. The van der Waals surface area contributed by atoms with Crippen molar-refractivity contribution in [2.75, 3.05) is 43.5 Å². The molecular formula is C30H31FN4O6. The number of carboxylic acids is 1. The number of ether oxygens (including phenoxy) is 1. The molecule has 0 radical (unpaired) electrons. The van der Waals surface area contributed by atoms with Gasteiger partial charge in [-0.3, -0.25) is 14.4 Å². The van der Waals surface area contributed by atoms with Gasteiger partial charge in [0.05, 0.1) is 37.4 Å². The van der Waals surface area contributed by atoms with Crippen LogP contribution in [0.2, 0.25) is 0 Å². The molecule has 3 N–H and O–H groups in total. The van der Waals surface area contributed by atoms with Crippen molar-refractivity contribution in [3.63, 3.8) is 0 Å². The van der Waals surface area contributed by atoms with Crippen molar-refractivity contribution in [2.24, 2.45) is 0 Å². The molecule has 41 heavy (non-hydrogen) atoms. The molecule has 1 atom stereocenters. The van der Waals surface area contributed by atoms with Gasteiger partial charge in [0.1, 0.15) is 5.82 Å². The van der Waals surface area contributed by atoms with Gasteiger partial charge in [0, 0.05) is 31.7 Å². The van der Waals surface area contributed by atoms with Crippen molar-refractivity contribution in [3.05, 3.63) is 95.3 Å². The third-order valence-electron chi connectivity index (χ3n) is 6.75. The predicted molar refractivity (Wildman–Crippen MR) is 150 cm³/mol. The first kappa shape index (κ1) is 29.1. The lowest BCUT2D eigenvalue weighted by Crippen LogP contribution is -2.49. The van der Waals surface area contributed by atoms with Gasteiger partial charge in [0.25, 0.3) is 5.91 Å². The topological polar surface area (TPSA) is 128 Å². The van der Waals surface area contributed by atoms with Gasteiger partial charge in [-0.15, -0.1) is 0 Å². The fourth-order valence-electron chi connectivity index (χ4n) is 4.65. The summed E-state index contributed by atoms with van der Waals surface area (Å²) >= 11 is 0. The Balaban J connectivity index is 1.58. The molecule has 1 unspecified atom stereocenters. The van der Waals surface area contributed by atoms with E-state index < -0.39 is 36.2 Å². The molecule has 3 aromatic carbocycles. The minimum absolute atomic E-state index is 0.123. The average Bonchev–Trinajstić information content (AvgIpc) is 2.97. The molecule has 4 rings (SSSR count). The van der Waals surface area contributed by atoms with Crippen molar-refractivity contribution in [2.45, 2.75) is 18.9 Å².